The number of aromatic nitrogens is 3. The predicted molar refractivity (Wildman–Crippen MR) is 68.0 cm³/mol. The number of primary amides is 1. The van der Waals surface area contributed by atoms with Gasteiger partial charge < -0.3 is 11.1 Å². The first-order valence-corrected chi connectivity index (χ1v) is 6.43. The van der Waals surface area contributed by atoms with Crippen LogP contribution in [0.5, 0.6) is 0 Å². The van der Waals surface area contributed by atoms with Gasteiger partial charge in [-0.25, -0.2) is 9.67 Å². The zero-order valence-corrected chi connectivity index (χ0v) is 11.2. The van der Waals surface area contributed by atoms with E-state index in [1.54, 1.807) is 0 Å². The molecule has 0 spiro atoms. The minimum atomic E-state index is -0.578. The lowest BCUT2D eigenvalue weighted by molar-refractivity contribution is -0.124. The van der Waals surface area contributed by atoms with E-state index in [0.29, 0.717) is 6.42 Å². The molecule has 0 aromatic carbocycles. The molecule has 6 heteroatoms. The number of carbonyl (C=O) groups is 1. The first-order valence-electron chi connectivity index (χ1n) is 6.43. The van der Waals surface area contributed by atoms with E-state index in [4.69, 9.17) is 5.73 Å². The number of carbonyl (C=O) groups excluding carboxylic acids is 1. The van der Waals surface area contributed by atoms with Gasteiger partial charge in [-0.05, 0) is 39.7 Å². The summed E-state index contributed by atoms with van der Waals surface area (Å²) < 4.78 is 1.93. The van der Waals surface area contributed by atoms with Crippen molar-refractivity contribution in [2.24, 2.45) is 5.73 Å². The minimum Gasteiger partial charge on any atom is -0.368 e. The monoisotopic (exact) mass is 251 g/mol. The molecule has 1 aromatic heterocycles. The van der Waals surface area contributed by atoms with Crippen LogP contribution in [0, 0.1) is 13.8 Å². The zero-order valence-electron chi connectivity index (χ0n) is 11.2. The molecule has 100 valence electrons. The summed E-state index contributed by atoms with van der Waals surface area (Å²) in [5.74, 6) is 1.41. The Hall–Kier alpha value is -1.43. The van der Waals surface area contributed by atoms with E-state index in [-0.39, 0.29) is 11.9 Å². The summed E-state index contributed by atoms with van der Waals surface area (Å²) in [4.78, 5) is 16.0. The Morgan fingerprint density at radius 3 is 2.83 bits per heavy atom. The van der Waals surface area contributed by atoms with Crippen molar-refractivity contribution in [3.8, 4) is 0 Å². The summed E-state index contributed by atoms with van der Waals surface area (Å²) in [7, 11) is 0. The molecule has 6 nitrogen and oxygen atoms in total. The number of amides is 1. The fourth-order valence-electron chi connectivity index (χ4n) is 2.92. The van der Waals surface area contributed by atoms with Gasteiger partial charge in [0.05, 0.1) is 11.6 Å². The quantitative estimate of drug-likeness (QED) is 0.813. The third-order valence-electron chi connectivity index (χ3n) is 3.73. The SMILES string of the molecule is CCNC1(C(N)=O)CCC(n2nc(C)nc2C)C1. The molecule has 1 saturated carbocycles. The van der Waals surface area contributed by atoms with E-state index in [2.05, 4.69) is 15.4 Å². The molecule has 2 unspecified atom stereocenters. The zero-order chi connectivity index (χ0) is 13.3. The standard InChI is InChI=1S/C12H21N5O/c1-4-14-12(11(13)18)6-5-10(7-12)17-9(3)15-8(2)16-17/h10,14H,4-7H2,1-3H3,(H2,13,18). The molecular formula is C12H21N5O. The van der Waals surface area contributed by atoms with Gasteiger partial charge in [0, 0.05) is 0 Å². The van der Waals surface area contributed by atoms with Crippen molar-refractivity contribution < 1.29 is 4.79 Å². The van der Waals surface area contributed by atoms with Crippen molar-refractivity contribution in [1.29, 1.82) is 0 Å². The topological polar surface area (TPSA) is 85.8 Å². The first-order chi connectivity index (χ1) is 8.48. The van der Waals surface area contributed by atoms with Crippen LogP contribution in [0.2, 0.25) is 0 Å². The second kappa shape index (κ2) is 4.68. The van der Waals surface area contributed by atoms with Gasteiger partial charge in [0.25, 0.3) is 0 Å². The number of hydrogen-bond donors (Lipinski definition) is 2. The van der Waals surface area contributed by atoms with Gasteiger partial charge in [-0.2, -0.15) is 5.10 Å². The van der Waals surface area contributed by atoms with Crippen LogP contribution in [0.1, 0.15) is 43.9 Å². The summed E-state index contributed by atoms with van der Waals surface area (Å²) >= 11 is 0. The smallest absolute Gasteiger partial charge is 0.237 e. The Morgan fingerprint density at radius 1 is 1.61 bits per heavy atom. The second-order valence-electron chi connectivity index (χ2n) is 5.02. The summed E-state index contributed by atoms with van der Waals surface area (Å²) in [5, 5.41) is 7.65. The lowest BCUT2D eigenvalue weighted by Crippen LogP contribution is -2.53. The second-order valence-corrected chi connectivity index (χ2v) is 5.02. The maximum Gasteiger partial charge on any atom is 0.237 e. The average molecular weight is 251 g/mol. The number of aryl methyl sites for hydroxylation is 2. The van der Waals surface area contributed by atoms with Crippen LogP contribution in [0.15, 0.2) is 0 Å². The third kappa shape index (κ3) is 2.12. The number of likely N-dealkylation sites (N-methyl/N-ethyl adjacent to an activating group) is 1. The minimum absolute atomic E-state index is 0.206. The van der Waals surface area contributed by atoms with E-state index in [1.165, 1.54) is 0 Å². The number of hydrogen-bond acceptors (Lipinski definition) is 4. The molecule has 2 rings (SSSR count). The van der Waals surface area contributed by atoms with Crippen LogP contribution in [0.3, 0.4) is 0 Å². The molecule has 2 atom stereocenters. The van der Waals surface area contributed by atoms with E-state index < -0.39 is 5.54 Å². The molecule has 18 heavy (non-hydrogen) atoms. The van der Waals surface area contributed by atoms with Gasteiger partial charge in [-0.3, -0.25) is 4.79 Å². The van der Waals surface area contributed by atoms with Crippen molar-refractivity contribution in [3.05, 3.63) is 11.6 Å². The predicted octanol–water partition coefficient (Wildman–Crippen LogP) is 0.454. The van der Waals surface area contributed by atoms with Gasteiger partial charge >= 0.3 is 0 Å². The lowest BCUT2D eigenvalue weighted by Gasteiger charge is -2.26. The summed E-state index contributed by atoms with van der Waals surface area (Å²) in [6.07, 6.45) is 2.36. The van der Waals surface area contributed by atoms with Gasteiger partial charge in [0.15, 0.2) is 0 Å². The Bertz CT molecular complexity index is 455. The van der Waals surface area contributed by atoms with Crippen LogP contribution < -0.4 is 11.1 Å². The van der Waals surface area contributed by atoms with Crippen molar-refractivity contribution in [2.45, 2.75) is 51.6 Å². The van der Waals surface area contributed by atoms with Crippen LogP contribution in [-0.4, -0.2) is 32.8 Å². The molecule has 0 radical (unpaired) electrons. The molecule has 0 saturated heterocycles. The van der Waals surface area contributed by atoms with E-state index in [9.17, 15) is 4.79 Å². The van der Waals surface area contributed by atoms with Crippen molar-refractivity contribution >= 4 is 5.91 Å². The number of nitrogens with one attached hydrogen (secondary N) is 1. The first kappa shape index (κ1) is 13.0. The highest BCUT2D eigenvalue weighted by molar-refractivity contribution is 5.85. The summed E-state index contributed by atoms with van der Waals surface area (Å²) in [6, 6.07) is 0.206. The maximum absolute atomic E-state index is 11.7. The van der Waals surface area contributed by atoms with Crippen LogP contribution in [-0.2, 0) is 4.79 Å². The van der Waals surface area contributed by atoms with Gasteiger partial charge in [-0.1, -0.05) is 6.92 Å². The fourth-order valence-corrected chi connectivity index (χ4v) is 2.92. The molecule has 1 fully saturated rings. The Morgan fingerprint density at radius 2 is 2.33 bits per heavy atom. The Kier molecular flexibility index (Phi) is 3.38. The highest BCUT2D eigenvalue weighted by Crippen LogP contribution is 2.37. The van der Waals surface area contributed by atoms with Gasteiger partial charge in [-0.15, -0.1) is 0 Å². The molecular weight excluding hydrogens is 230 g/mol. The highest BCUT2D eigenvalue weighted by atomic mass is 16.1. The molecule has 1 amide bonds. The molecule has 0 bridgehead atoms. The van der Waals surface area contributed by atoms with Gasteiger partial charge in [0.2, 0.25) is 5.91 Å². The van der Waals surface area contributed by atoms with Crippen molar-refractivity contribution in [2.75, 3.05) is 6.54 Å². The summed E-state index contributed by atoms with van der Waals surface area (Å²) in [5.41, 5.74) is 4.98. The van der Waals surface area contributed by atoms with Crippen molar-refractivity contribution in [1.82, 2.24) is 20.1 Å². The number of nitrogens with zero attached hydrogens (tertiary/aromatic N) is 3. The van der Waals surface area contributed by atoms with Gasteiger partial charge in [0.1, 0.15) is 11.6 Å². The highest BCUT2D eigenvalue weighted by Gasteiger charge is 2.44. The number of nitrogens with two attached hydrogens (primary N) is 1. The fraction of sp³-hybridized carbons (Fsp3) is 0.750. The van der Waals surface area contributed by atoms with Crippen LogP contribution in [0.4, 0.5) is 0 Å². The average Bonchev–Trinajstić information content (AvgIpc) is 2.84. The Labute approximate surface area is 107 Å². The largest absolute Gasteiger partial charge is 0.368 e. The van der Waals surface area contributed by atoms with E-state index >= 15 is 0 Å². The Balaban J connectivity index is 2.21. The molecule has 1 aliphatic carbocycles. The molecule has 1 aromatic rings. The molecule has 1 aliphatic rings. The third-order valence-corrected chi connectivity index (χ3v) is 3.73. The van der Waals surface area contributed by atoms with Crippen molar-refractivity contribution in [3.63, 3.8) is 0 Å². The maximum atomic E-state index is 11.7. The van der Waals surface area contributed by atoms with Crippen LogP contribution >= 0.6 is 0 Å². The molecule has 3 N–H and O–H groups in total. The van der Waals surface area contributed by atoms with E-state index in [1.807, 2.05) is 25.5 Å². The normalized spacial score (nSPS) is 27.6. The number of rotatable bonds is 4. The van der Waals surface area contributed by atoms with E-state index in [0.717, 1.165) is 31.0 Å². The van der Waals surface area contributed by atoms with Crippen LogP contribution in [0.25, 0.3) is 0 Å². The molecule has 1 heterocycles. The molecule has 0 aliphatic heterocycles. The lowest BCUT2D eigenvalue weighted by atomic mass is 9.96. The summed E-state index contributed by atoms with van der Waals surface area (Å²) in [6.45, 7) is 6.55.